The van der Waals surface area contributed by atoms with Gasteiger partial charge in [0.25, 0.3) is 0 Å². The fourth-order valence-electron chi connectivity index (χ4n) is 1.12. The Morgan fingerprint density at radius 1 is 1.50 bits per heavy atom. The lowest BCUT2D eigenvalue weighted by atomic mass is 10.1. The summed E-state index contributed by atoms with van der Waals surface area (Å²) in [6, 6.07) is 0.863. The summed E-state index contributed by atoms with van der Waals surface area (Å²) in [5.41, 5.74) is 0. The first kappa shape index (κ1) is 9.79. The molecule has 0 radical (unpaired) electrons. The van der Waals surface area contributed by atoms with Crippen molar-refractivity contribution in [3.05, 3.63) is 12.2 Å². The van der Waals surface area contributed by atoms with Gasteiger partial charge in [-0.25, -0.2) is 0 Å². The summed E-state index contributed by atoms with van der Waals surface area (Å²) in [6.07, 6.45) is 9.88. The minimum absolute atomic E-state index is 0.755. The fourth-order valence-corrected chi connectivity index (χ4v) is 1.12. The van der Waals surface area contributed by atoms with Gasteiger partial charge in [-0.15, -0.1) is 0 Å². The first-order valence-electron chi connectivity index (χ1n) is 5.23. The van der Waals surface area contributed by atoms with E-state index >= 15 is 0 Å². The summed E-state index contributed by atoms with van der Waals surface area (Å²) in [4.78, 5) is 0. The van der Waals surface area contributed by atoms with Crippen LogP contribution in [0.2, 0.25) is 0 Å². The van der Waals surface area contributed by atoms with Gasteiger partial charge in [-0.2, -0.15) is 0 Å². The fraction of sp³-hybridized carbons (Fsp3) is 0.818. The Balaban J connectivity index is 1.89. The average molecular weight is 167 g/mol. The van der Waals surface area contributed by atoms with Crippen LogP contribution in [0, 0.1) is 5.92 Å². The van der Waals surface area contributed by atoms with Gasteiger partial charge in [0.1, 0.15) is 0 Å². The third-order valence-corrected chi connectivity index (χ3v) is 2.43. The van der Waals surface area contributed by atoms with Crippen LogP contribution in [-0.2, 0) is 0 Å². The minimum atomic E-state index is 0.755. The lowest BCUT2D eigenvalue weighted by molar-refractivity contribution is 0.674. The molecule has 1 atom stereocenters. The Morgan fingerprint density at radius 2 is 2.25 bits per heavy atom. The number of hydrogen-bond donors (Lipinski definition) is 1. The monoisotopic (exact) mass is 167 g/mol. The molecule has 0 saturated heterocycles. The summed E-state index contributed by atoms with van der Waals surface area (Å²) in [6.45, 7) is 5.67. The molecule has 1 N–H and O–H groups in total. The molecule has 0 bridgehead atoms. The van der Waals surface area contributed by atoms with Gasteiger partial charge in [-0.05, 0) is 31.7 Å². The van der Waals surface area contributed by atoms with Crippen molar-refractivity contribution in [3.8, 4) is 0 Å². The molecule has 1 saturated carbocycles. The van der Waals surface area contributed by atoms with Crippen molar-refractivity contribution in [2.24, 2.45) is 5.92 Å². The smallest absolute Gasteiger partial charge is 0.00683 e. The van der Waals surface area contributed by atoms with E-state index in [-0.39, 0.29) is 0 Å². The van der Waals surface area contributed by atoms with Gasteiger partial charge in [-0.1, -0.05) is 32.4 Å². The zero-order chi connectivity index (χ0) is 8.81. The first-order valence-corrected chi connectivity index (χ1v) is 5.23. The highest BCUT2D eigenvalue weighted by Crippen LogP contribution is 2.18. The Morgan fingerprint density at radius 3 is 2.83 bits per heavy atom. The van der Waals surface area contributed by atoms with Crippen molar-refractivity contribution >= 4 is 0 Å². The van der Waals surface area contributed by atoms with E-state index in [1.54, 1.807) is 0 Å². The molecule has 0 aromatic heterocycles. The second-order valence-electron chi connectivity index (χ2n) is 3.83. The van der Waals surface area contributed by atoms with E-state index in [1.807, 2.05) is 0 Å². The quantitative estimate of drug-likeness (QED) is 0.474. The van der Waals surface area contributed by atoms with E-state index in [9.17, 15) is 0 Å². The van der Waals surface area contributed by atoms with Crippen LogP contribution in [0.1, 0.15) is 39.5 Å². The first-order chi connectivity index (χ1) is 5.83. The second kappa shape index (κ2) is 5.36. The Labute approximate surface area is 76.2 Å². The molecule has 0 spiro atoms. The number of nitrogens with one attached hydrogen (secondary N) is 1. The highest BCUT2D eigenvalue weighted by molar-refractivity contribution is 4.88. The standard InChI is InChI=1S/C11H21N/c1-3-10(2)6-4-5-9-12-11-7-8-11/h4,6,10-12H,3,5,7-9H2,1-2H3. The number of hydrogen-bond acceptors (Lipinski definition) is 1. The molecule has 1 aliphatic rings. The number of allylic oxidation sites excluding steroid dienone is 1. The highest BCUT2D eigenvalue weighted by Gasteiger charge is 2.19. The van der Waals surface area contributed by atoms with Gasteiger partial charge in [0.15, 0.2) is 0 Å². The largest absolute Gasteiger partial charge is 0.314 e. The zero-order valence-electron chi connectivity index (χ0n) is 8.34. The Kier molecular flexibility index (Phi) is 4.37. The lowest BCUT2D eigenvalue weighted by Gasteiger charge is -2.00. The normalized spacial score (nSPS) is 20.2. The molecular formula is C11H21N. The SMILES string of the molecule is CCC(C)C=CCCNC1CC1. The van der Waals surface area contributed by atoms with Gasteiger partial charge in [0.05, 0.1) is 0 Å². The predicted octanol–water partition coefficient (Wildman–Crippen LogP) is 2.73. The maximum Gasteiger partial charge on any atom is 0.00683 e. The van der Waals surface area contributed by atoms with E-state index in [4.69, 9.17) is 0 Å². The average Bonchev–Trinajstić information content (AvgIpc) is 2.87. The van der Waals surface area contributed by atoms with Crippen LogP contribution in [0.3, 0.4) is 0 Å². The zero-order valence-corrected chi connectivity index (χ0v) is 8.34. The molecule has 0 aliphatic heterocycles. The minimum Gasteiger partial charge on any atom is -0.314 e. The molecule has 0 heterocycles. The maximum atomic E-state index is 3.50. The summed E-state index contributed by atoms with van der Waals surface area (Å²) < 4.78 is 0. The third-order valence-electron chi connectivity index (χ3n) is 2.43. The van der Waals surface area contributed by atoms with Gasteiger partial charge in [0.2, 0.25) is 0 Å². The summed E-state index contributed by atoms with van der Waals surface area (Å²) in [5, 5.41) is 3.50. The van der Waals surface area contributed by atoms with Crippen molar-refractivity contribution < 1.29 is 0 Å². The Bertz CT molecular complexity index is 136. The molecule has 1 rings (SSSR count). The molecule has 0 amide bonds. The van der Waals surface area contributed by atoms with Gasteiger partial charge in [0, 0.05) is 6.04 Å². The second-order valence-corrected chi connectivity index (χ2v) is 3.83. The van der Waals surface area contributed by atoms with Gasteiger partial charge < -0.3 is 5.32 Å². The maximum absolute atomic E-state index is 3.50. The van der Waals surface area contributed by atoms with E-state index < -0.39 is 0 Å². The van der Waals surface area contributed by atoms with Crippen LogP contribution in [0.4, 0.5) is 0 Å². The number of rotatable bonds is 6. The van der Waals surface area contributed by atoms with Crippen LogP contribution in [0.15, 0.2) is 12.2 Å². The van der Waals surface area contributed by atoms with Crippen molar-refractivity contribution in [2.75, 3.05) is 6.54 Å². The summed E-state index contributed by atoms with van der Waals surface area (Å²) in [7, 11) is 0. The third kappa shape index (κ3) is 4.55. The van der Waals surface area contributed by atoms with E-state index in [1.165, 1.54) is 25.7 Å². The van der Waals surface area contributed by atoms with Crippen molar-refractivity contribution in [1.82, 2.24) is 5.32 Å². The molecule has 1 unspecified atom stereocenters. The summed E-state index contributed by atoms with van der Waals surface area (Å²) in [5.74, 6) is 0.755. The molecule has 12 heavy (non-hydrogen) atoms. The Hall–Kier alpha value is -0.300. The molecule has 1 fully saturated rings. The van der Waals surface area contributed by atoms with E-state index in [0.29, 0.717) is 0 Å². The molecule has 70 valence electrons. The van der Waals surface area contributed by atoms with E-state index in [0.717, 1.165) is 18.5 Å². The predicted molar refractivity (Wildman–Crippen MR) is 54.2 cm³/mol. The molecule has 0 aromatic rings. The summed E-state index contributed by atoms with van der Waals surface area (Å²) >= 11 is 0. The van der Waals surface area contributed by atoms with Crippen molar-refractivity contribution in [3.63, 3.8) is 0 Å². The van der Waals surface area contributed by atoms with Gasteiger partial charge >= 0.3 is 0 Å². The van der Waals surface area contributed by atoms with E-state index in [2.05, 4.69) is 31.3 Å². The van der Waals surface area contributed by atoms with Crippen LogP contribution < -0.4 is 5.32 Å². The van der Waals surface area contributed by atoms with Crippen LogP contribution >= 0.6 is 0 Å². The van der Waals surface area contributed by atoms with Crippen LogP contribution in [-0.4, -0.2) is 12.6 Å². The van der Waals surface area contributed by atoms with Gasteiger partial charge in [-0.3, -0.25) is 0 Å². The highest BCUT2D eigenvalue weighted by atomic mass is 14.9. The molecule has 1 aliphatic carbocycles. The topological polar surface area (TPSA) is 12.0 Å². The molecular weight excluding hydrogens is 146 g/mol. The van der Waals surface area contributed by atoms with Crippen molar-refractivity contribution in [1.29, 1.82) is 0 Å². The molecule has 1 nitrogen and oxygen atoms in total. The lowest BCUT2D eigenvalue weighted by Crippen LogP contribution is -2.16. The van der Waals surface area contributed by atoms with Crippen LogP contribution in [0.25, 0.3) is 0 Å². The molecule has 0 aromatic carbocycles. The van der Waals surface area contributed by atoms with Crippen molar-refractivity contribution in [2.45, 2.75) is 45.6 Å². The molecule has 1 heteroatoms. The van der Waals surface area contributed by atoms with Crippen LogP contribution in [0.5, 0.6) is 0 Å².